The van der Waals surface area contributed by atoms with Crippen LogP contribution in [0.1, 0.15) is 50.3 Å². The van der Waals surface area contributed by atoms with E-state index in [-0.39, 0.29) is 16.8 Å². The lowest BCUT2D eigenvalue weighted by Crippen LogP contribution is -2.29. The summed E-state index contributed by atoms with van der Waals surface area (Å²) >= 11 is 0. The lowest BCUT2D eigenvalue weighted by molar-refractivity contribution is 0.0756. The van der Waals surface area contributed by atoms with E-state index < -0.39 is 29.4 Å². The summed E-state index contributed by atoms with van der Waals surface area (Å²) in [5, 5.41) is 2.53. The van der Waals surface area contributed by atoms with Crippen molar-refractivity contribution in [2.75, 3.05) is 23.3 Å². The Kier molecular flexibility index (Phi) is 6.14. The number of anilines is 2. The van der Waals surface area contributed by atoms with Gasteiger partial charge in [-0.25, -0.2) is 4.79 Å². The van der Waals surface area contributed by atoms with Crippen LogP contribution in [-0.2, 0) is 0 Å². The van der Waals surface area contributed by atoms with Gasteiger partial charge in [-0.2, -0.15) is 0 Å². The minimum Gasteiger partial charge on any atom is -0.410 e. The van der Waals surface area contributed by atoms with Gasteiger partial charge in [-0.05, 0) is 61.7 Å². The first-order valence-electron chi connectivity index (χ1n) is 11.7. The topological polar surface area (TPSA) is 92.8 Å². The van der Waals surface area contributed by atoms with Gasteiger partial charge < -0.3 is 9.64 Å². The first-order chi connectivity index (χ1) is 17.0. The number of hydrogen-bond donors (Lipinski definition) is 1. The molecule has 1 saturated heterocycles. The van der Waals surface area contributed by atoms with Crippen molar-refractivity contribution in [3.63, 3.8) is 0 Å². The largest absolute Gasteiger partial charge is 0.417 e. The normalized spacial score (nSPS) is 17.1. The molecule has 1 atom stereocenters. The number of carbonyl (C=O) groups is 4. The quantitative estimate of drug-likeness (QED) is 0.410. The van der Waals surface area contributed by atoms with E-state index >= 15 is 0 Å². The fourth-order valence-corrected chi connectivity index (χ4v) is 4.67. The molecule has 1 unspecified atom stereocenters. The second kappa shape index (κ2) is 9.54. The average Bonchev–Trinajstić information content (AvgIpc) is 3.15. The zero-order valence-corrected chi connectivity index (χ0v) is 19.0. The smallest absolute Gasteiger partial charge is 0.410 e. The van der Waals surface area contributed by atoms with Crippen molar-refractivity contribution in [1.29, 1.82) is 0 Å². The van der Waals surface area contributed by atoms with E-state index in [1.54, 1.807) is 48.5 Å². The number of para-hydroxylation sites is 1. The zero-order chi connectivity index (χ0) is 24.4. The molecular formula is C28H24N2O5. The number of Topliss-reactive ketones (excluding diaryl/α,β-unsaturated/α-hetero) is 3. The Morgan fingerprint density at radius 1 is 0.800 bits per heavy atom. The van der Waals surface area contributed by atoms with Crippen molar-refractivity contribution >= 4 is 34.8 Å². The molecular weight excluding hydrogens is 444 g/mol. The molecule has 1 N–H and O–H groups in total. The minimum atomic E-state index is -1.46. The van der Waals surface area contributed by atoms with Gasteiger partial charge in [-0.1, -0.05) is 30.3 Å². The number of amides is 1. The maximum Gasteiger partial charge on any atom is 0.417 e. The number of hydrogen-bond acceptors (Lipinski definition) is 6. The second-order valence-corrected chi connectivity index (χ2v) is 8.68. The zero-order valence-electron chi connectivity index (χ0n) is 19.0. The number of rotatable bonds is 5. The van der Waals surface area contributed by atoms with Gasteiger partial charge in [0, 0.05) is 29.9 Å². The number of ketones is 3. The third-order valence-electron chi connectivity index (χ3n) is 6.43. The van der Waals surface area contributed by atoms with Gasteiger partial charge in [-0.15, -0.1) is 0 Å². The number of nitrogens with zero attached hydrogens (tertiary/aromatic N) is 1. The Hall–Kier alpha value is -4.26. The van der Waals surface area contributed by atoms with E-state index in [4.69, 9.17) is 4.74 Å². The average molecular weight is 469 g/mol. The predicted molar refractivity (Wildman–Crippen MR) is 132 cm³/mol. The fraction of sp³-hybridized carbons (Fsp3) is 0.214. The molecule has 7 heteroatoms. The van der Waals surface area contributed by atoms with Crippen LogP contribution in [0.2, 0.25) is 0 Å². The maximum atomic E-state index is 13.3. The van der Waals surface area contributed by atoms with Gasteiger partial charge in [-0.3, -0.25) is 19.7 Å². The third-order valence-corrected chi connectivity index (χ3v) is 6.43. The number of ether oxygens (including phenoxy) is 1. The molecule has 3 aromatic carbocycles. The van der Waals surface area contributed by atoms with Gasteiger partial charge in [0.15, 0.2) is 17.3 Å². The number of nitrogens with one attached hydrogen (secondary N) is 1. The summed E-state index contributed by atoms with van der Waals surface area (Å²) in [6, 6.07) is 20.1. The van der Waals surface area contributed by atoms with Crippen LogP contribution in [0.25, 0.3) is 0 Å². The summed E-state index contributed by atoms with van der Waals surface area (Å²) in [6.07, 6.45) is 2.70. The maximum absolute atomic E-state index is 13.3. The van der Waals surface area contributed by atoms with E-state index in [9.17, 15) is 19.2 Å². The van der Waals surface area contributed by atoms with Crippen LogP contribution in [0.3, 0.4) is 0 Å². The molecule has 1 fully saturated rings. The minimum absolute atomic E-state index is 0.0331. The molecule has 0 aromatic heterocycles. The van der Waals surface area contributed by atoms with Crippen molar-refractivity contribution < 1.29 is 23.9 Å². The Morgan fingerprint density at radius 3 is 2.23 bits per heavy atom. The predicted octanol–water partition coefficient (Wildman–Crippen LogP) is 5.17. The van der Waals surface area contributed by atoms with Crippen molar-refractivity contribution in [2.45, 2.75) is 19.3 Å². The van der Waals surface area contributed by atoms with Crippen LogP contribution >= 0.6 is 0 Å². The highest BCUT2D eigenvalue weighted by Crippen LogP contribution is 2.34. The lowest BCUT2D eigenvalue weighted by Gasteiger charge is -2.28. The molecule has 3 aromatic rings. The molecule has 5 rings (SSSR count). The molecule has 7 nitrogen and oxygen atoms in total. The van der Waals surface area contributed by atoms with E-state index in [2.05, 4.69) is 10.2 Å². The van der Waals surface area contributed by atoms with Gasteiger partial charge >= 0.3 is 6.09 Å². The number of piperidine rings is 1. The standard InChI is InChI=1S/C28H24N2O5/c31-25(18-12-14-19(15-13-18)30-16-5-2-6-17-30)24-26(32)21-10-7-11-22(23(21)27(24)33)29-28(34)35-20-8-3-1-4-9-20/h1,3-4,7-15,24H,2,5-6,16-17H2,(H,29,34). The number of benzene rings is 3. The molecule has 2 aliphatic rings. The first-order valence-corrected chi connectivity index (χ1v) is 11.7. The van der Waals surface area contributed by atoms with Gasteiger partial charge in [0.2, 0.25) is 0 Å². The second-order valence-electron chi connectivity index (χ2n) is 8.68. The van der Waals surface area contributed by atoms with Crippen LogP contribution in [0.5, 0.6) is 5.75 Å². The molecule has 1 amide bonds. The highest BCUT2D eigenvalue weighted by Gasteiger charge is 2.45. The summed E-state index contributed by atoms with van der Waals surface area (Å²) < 4.78 is 5.23. The summed E-state index contributed by atoms with van der Waals surface area (Å²) in [5.74, 6) is -2.85. The summed E-state index contributed by atoms with van der Waals surface area (Å²) in [5.41, 5.74) is 1.62. The van der Waals surface area contributed by atoms with E-state index in [1.165, 1.54) is 18.6 Å². The molecule has 176 valence electrons. The monoisotopic (exact) mass is 468 g/mol. The molecule has 0 spiro atoms. The van der Waals surface area contributed by atoms with Crippen LogP contribution in [-0.4, -0.2) is 36.5 Å². The lowest BCUT2D eigenvalue weighted by atomic mass is 9.93. The van der Waals surface area contributed by atoms with Gasteiger partial charge in [0.25, 0.3) is 0 Å². The van der Waals surface area contributed by atoms with Crippen LogP contribution in [0.4, 0.5) is 16.2 Å². The first kappa shape index (κ1) is 22.5. The molecule has 35 heavy (non-hydrogen) atoms. The Balaban J connectivity index is 1.35. The highest BCUT2D eigenvalue weighted by atomic mass is 16.6. The van der Waals surface area contributed by atoms with Crippen molar-refractivity contribution in [3.05, 3.63) is 89.5 Å². The molecule has 1 aliphatic heterocycles. The molecule has 0 radical (unpaired) electrons. The van der Waals surface area contributed by atoms with Crippen molar-refractivity contribution in [3.8, 4) is 5.75 Å². The van der Waals surface area contributed by atoms with E-state index in [0.29, 0.717) is 11.3 Å². The van der Waals surface area contributed by atoms with Crippen LogP contribution < -0.4 is 15.0 Å². The highest BCUT2D eigenvalue weighted by molar-refractivity contribution is 6.39. The third kappa shape index (κ3) is 4.45. The van der Waals surface area contributed by atoms with Gasteiger partial charge in [0.1, 0.15) is 11.7 Å². The molecule has 1 aliphatic carbocycles. The molecule has 0 bridgehead atoms. The summed E-state index contributed by atoms with van der Waals surface area (Å²) in [7, 11) is 0. The molecule has 1 heterocycles. The molecule has 0 saturated carbocycles. The van der Waals surface area contributed by atoms with Crippen LogP contribution in [0, 0.1) is 5.92 Å². The van der Waals surface area contributed by atoms with Crippen LogP contribution in [0.15, 0.2) is 72.8 Å². The number of fused-ring (bicyclic) bond motifs is 1. The number of carbonyl (C=O) groups excluding carboxylic acids is 4. The SMILES string of the molecule is O=C(Nc1cccc2c1C(=O)C(C(=O)c1ccc(N3CCCCC3)cc1)C2=O)Oc1ccccc1. The van der Waals surface area contributed by atoms with E-state index in [0.717, 1.165) is 31.6 Å². The van der Waals surface area contributed by atoms with Crippen molar-refractivity contribution in [2.24, 2.45) is 5.92 Å². The Bertz CT molecular complexity index is 1290. The van der Waals surface area contributed by atoms with Gasteiger partial charge in [0.05, 0.1) is 11.3 Å². The van der Waals surface area contributed by atoms with Crippen molar-refractivity contribution in [1.82, 2.24) is 0 Å². The summed E-state index contributed by atoms with van der Waals surface area (Å²) in [6.45, 7) is 1.95. The Morgan fingerprint density at radius 2 is 1.51 bits per heavy atom. The van der Waals surface area contributed by atoms with E-state index in [1.807, 2.05) is 12.1 Å². The fourth-order valence-electron chi connectivity index (χ4n) is 4.67. The Labute approximate surface area is 202 Å². The summed E-state index contributed by atoms with van der Waals surface area (Å²) in [4.78, 5) is 54.2.